The third-order valence-corrected chi connectivity index (χ3v) is 5.40. The van der Waals surface area contributed by atoms with Gasteiger partial charge in [-0.2, -0.15) is 0 Å². The zero-order valence-corrected chi connectivity index (χ0v) is 16.9. The fourth-order valence-electron chi connectivity index (χ4n) is 3.75. The Morgan fingerprint density at radius 2 is 2.17 bits per heavy atom. The lowest BCUT2D eigenvalue weighted by atomic mass is 9.93. The van der Waals surface area contributed by atoms with Crippen molar-refractivity contribution in [2.75, 3.05) is 53.0 Å². The molecule has 8 nitrogen and oxygen atoms in total. The van der Waals surface area contributed by atoms with Crippen molar-refractivity contribution in [3.8, 4) is 17.2 Å². The standard InChI is InChI=1S/C21H29N3O5/c1-22-8-3-9-24-10-7-15(17(25)14-24)13-23-21(26)16-5-6-18(27-2)20-19(16)28-11-4-12-29-20/h5-6,15,17,25H,3-4,7-14H2,2H3,(H,23,26)/t15-,17+/m0/s1. The molecule has 158 valence electrons. The molecule has 0 aromatic heterocycles. The van der Waals surface area contributed by atoms with Gasteiger partial charge in [-0.1, -0.05) is 0 Å². The number of fused-ring (bicyclic) bond motifs is 1. The SMILES string of the molecule is [C-]#[N+]CCCN1CC[C@@H](CNC(=O)c2ccc(OC)c3c2OCCCO3)[C@H](O)C1. The van der Waals surface area contributed by atoms with E-state index in [9.17, 15) is 9.90 Å². The molecular formula is C21H29N3O5. The van der Waals surface area contributed by atoms with Crippen LogP contribution in [0.5, 0.6) is 17.2 Å². The summed E-state index contributed by atoms with van der Waals surface area (Å²) >= 11 is 0. The number of aliphatic hydroxyl groups excluding tert-OH is 1. The van der Waals surface area contributed by atoms with E-state index < -0.39 is 6.10 Å². The van der Waals surface area contributed by atoms with Crippen LogP contribution >= 0.6 is 0 Å². The zero-order chi connectivity index (χ0) is 20.6. The van der Waals surface area contributed by atoms with Crippen LogP contribution in [0.1, 0.15) is 29.6 Å². The Labute approximate surface area is 171 Å². The highest BCUT2D eigenvalue weighted by Crippen LogP contribution is 2.41. The maximum atomic E-state index is 12.8. The first-order chi connectivity index (χ1) is 14.1. The second-order valence-corrected chi connectivity index (χ2v) is 7.39. The summed E-state index contributed by atoms with van der Waals surface area (Å²) in [5.74, 6) is 1.17. The van der Waals surface area contributed by atoms with Gasteiger partial charge < -0.3 is 34.4 Å². The van der Waals surface area contributed by atoms with Gasteiger partial charge in [-0.3, -0.25) is 4.79 Å². The second-order valence-electron chi connectivity index (χ2n) is 7.39. The van der Waals surface area contributed by atoms with Crippen molar-refractivity contribution in [1.82, 2.24) is 10.2 Å². The highest BCUT2D eigenvalue weighted by molar-refractivity contribution is 5.98. The molecule has 1 amide bonds. The van der Waals surface area contributed by atoms with Gasteiger partial charge in [0.15, 0.2) is 11.5 Å². The number of rotatable bonds is 7. The van der Waals surface area contributed by atoms with Gasteiger partial charge in [0.2, 0.25) is 12.3 Å². The predicted octanol–water partition coefficient (Wildman–Crippen LogP) is 1.58. The first-order valence-electron chi connectivity index (χ1n) is 10.1. The number of aliphatic hydroxyl groups is 1. The second kappa shape index (κ2) is 10.3. The molecule has 0 unspecified atom stereocenters. The van der Waals surface area contributed by atoms with E-state index in [1.807, 2.05) is 0 Å². The van der Waals surface area contributed by atoms with Gasteiger partial charge in [0.1, 0.15) is 0 Å². The number of benzene rings is 1. The van der Waals surface area contributed by atoms with Crippen LogP contribution in [0.25, 0.3) is 4.85 Å². The lowest BCUT2D eigenvalue weighted by molar-refractivity contribution is 0.0222. The number of hydrogen-bond acceptors (Lipinski definition) is 6. The Bertz CT molecular complexity index is 749. The minimum Gasteiger partial charge on any atom is -0.493 e. The molecule has 8 heteroatoms. The molecule has 2 aliphatic heterocycles. The molecule has 2 atom stereocenters. The van der Waals surface area contributed by atoms with Gasteiger partial charge in [-0.15, -0.1) is 0 Å². The van der Waals surface area contributed by atoms with Gasteiger partial charge in [-0.25, -0.2) is 6.57 Å². The van der Waals surface area contributed by atoms with Crippen LogP contribution in [0.4, 0.5) is 0 Å². The number of piperidine rings is 1. The van der Waals surface area contributed by atoms with E-state index in [1.165, 1.54) is 0 Å². The summed E-state index contributed by atoms with van der Waals surface area (Å²) in [6.45, 7) is 11.0. The molecule has 2 aliphatic rings. The summed E-state index contributed by atoms with van der Waals surface area (Å²) < 4.78 is 16.8. The van der Waals surface area contributed by atoms with Crippen molar-refractivity contribution in [2.45, 2.75) is 25.4 Å². The molecule has 1 fully saturated rings. The molecule has 2 heterocycles. The first kappa shape index (κ1) is 21.2. The number of hydrogen-bond donors (Lipinski definition) is 2. The van der Waals surface area contributed by atoms with Crippen molar-refractivity contribution in [1.29, 1.82) is 0 Å². The molecule has 1 aromatic rings. The molecule has 0 spiro atoms. The molecule has 0 aliphatic carbocycles. The quantitative estimate of drug-likeness (QED) is 0.531. The highest BCUT2D eigenvalue weighted by atomic mass is 16.5. The molecule has 0 bridgehead atoms. The molecular weight excluding hydrogens is 374 g/mol. The number of carbonyl (C=O) groups is 1. The van der Waals surface area contributed by atoms with Crippen molar-refractivity contribution in [3.05, 3.63) is 29.1 Å². The zero-order valence-electron chi connectivity index (χ0n) is 16.9. The fourth-order valence-corrected chi connectivity index (χ4v) is 3.75. The number of nitrogens with zero attached hydrogens (tertiary/aromatic N) is 2. The summed E-state index contributed by atoms with van der Waals surface area (Å²) in [5, 5.41) is 13.4. The summed E-state index contributed by atoms with van der Waals surface area (Å²) in [4.78, 5) is 18.4. The van der Waals surface area contributed by atoms with Gasteiger partial charge in [0, 0.05) is 38.4 Å². The van der Waals surface area contributed by atoms with Crippen molar-refractivity contribution >= 4 is 5.91 Å². The van der Waals surface area contributed by atoms with Crippen molar-refractivity contribution in [2.24, 2.45) is 5.92 Å². The molecule has 2 N–H and O–H groups in total. The van der Waals surface area contributed by atoms with E-state index in [0.717, 1.165) is 32.4 Å². The average molecular weight is 403 g/mol. The van der Waals surface area contributed by atoms with E-state index in [1.54, 1.807) is 19.2 Å². The topological polar surface area (TPSA) is 84.6 Å². The highest BCUT2D eigenvalue weighted by Gasteiger charge is 2.29. The normalized spacial score (nSPS) is 21.7. The maximum absolute atomic E-state index is 12.8. The van der Waals surface area contributed by atoms with Crippen LogP contribution in [0.15, 0.2) is 12.1 Å². The smallest absolute Gasteiger partial charge is 0.255 e. The Morgan fingerprint density at radius 1 is 1.38 bits per heavy atom. The third-order valence-electron chi connectivity index (χ3n) is 5.40. The Kier molecular flexibility index (Phi) is 7.55. The molecule has 29 heavy (non-hydrogen) atoms. The predicted molar refractivity (Wildman–Crippen MR) is 108 cm³/mol. The van der Waals surface area contributed by atoms with Gasteiger partial charge in [0.05, 0.1) is 32.0 Å². The van der Waals surface area contributed by atoms with Crippen LogP contribution in [0.2, 0.25) is 0 Å². The maximum Gasteiger partial charge on any atom is 0.255 e. The number of nitrogens with one attached hydrogen (secondary N) is 1. The molecule has 1 aromatic carbocycles. The third kappa shape index (κ3) is 5.31. The van der Waals surface area contributed by atoms with Crippen molar-refractivity contribution < 1.29 is 24.1 Å². The number of β-amino-alcohol motifs (C(OH)–C–C–N with tert-alkyl or cyclic N) is 1. The van der Waals surface area contributed by atoms with E-state index >= 15 is 0 Å². The number of carbonyl (C=O) groups excluding carboxylic acids is 1. The van der Waals surface area contributed by atoms with Gasteiger partial charge in [-0.05, 0) is 25.1 Å². The molecule has 0 radical (unpaired) electrons. The largest absolute Gasteiger partial charge is 0.493 e. The van der Waals surface area contributed by atoms with Gasteiger partial charge in [0.25, 0.3) is 5.91 Å². The molecule has 0 saturated carbocycles. The van der Waals surface area contributed by atoms with Crippen LogP contribution < -0.4 is 19.5 Å². The first-order valence-corrected chi connectivity index (χ1v) is 10.1. The van der Waals surface area contributed by atoms with E-state index in [0.29, 0.717) is 55.7 Å². The Hall–Kier alpha value is -2.50. The minimum atomic E-state index is -0.496. The summed E-state index contributed by atoms with van der Waals surface area (Å²) in [6, 6.07) is 3.39. The summed E-state index contributed by atoms with van der Waals surface area (Å²) in [7, 11) is 1.55. The Balaban J connectivity index is 1.58. The van der Waals surface area contributed by atoms with Crippen LogP contribution in [0.3, 0.4) is 0 Å². The van der Waals surface area contributed by atoms with Gasteiger partial charge >= 0.3 is 0 Å². The summed E-state index contributed by atoms with van der Waals surface area (Å²) in [5.41, 5.74) is 0.411. The van der Waals surface area contributed by atoms with Crippen LogP contribution in [-0.2, 0) is 0 Å². The minimum absolute atomic E-state index is 0.00471. The van der Waals surface area contributed by atoms with E-state index in [-0.39, 0.29) is 11.8 Å². The lowest BCUT2D eigenvalue weighted by Gasteiger charge is -2.35. The van der Waals surface area contributed by atoms with E-state index in [4.69, 9.17) is 20.8 Å². The number of ether oxygens (including phenoxy) is 3. The average Bonchev–Trinajstić information content (AvgIpc) is 2.98. The molecule has 1 saturated heterocycles. The summed E-state index contributed by atoms with van der Waals surface area (Å²) in [6.07, 6.45) is 1.87. The lowest BCUT2D eigenvalue weighted by Crippen LogP contribution is -2.47. The van der Waals surface area contributed by atoms with Crippen LogP contribution in [-0.4, -0.2) is 75.1 Å². The van der Waals surface area contributed by atoms with Crippen LogP contribution in [0, 0.1) is 12.5 Å². The Morgan fingerprint density at radius 3 is 2.90 bits per heavy atom. The molecule has 3 rings (SSSR count). The number of amides is 1. The fraction of sp³-hybridized carbons (Fsp3) is 0.619. The van der Waals surface area contributed by atoms with E-state index in [2.05, 4.69) is 15.1 Å². The number of methoxy groups -OCH3 is 1. The van der Waals surface area contributed by atoms with Crippen molar-refractivity contribution in [3.63, 3.8) is 0 Å². The monoisotopic (exact) mass is 403 g/mol. The number of likely N-dealkylation sites (tertiary alicyclic amines) is 1.